The van der Waals surface area contributed by atoms with Gasteiger partial charge < -0.3 is 9.88 Å². The van der Waals surface area contributed by atoms with Gasteiger partial charge in [0.2, 0.25) is 5.91 Å². The van der Waals surface area contributed by atoms with E-state index in [0.717, 1.165) is 41.6 Å². The molecule has 1 fully saturated rings. The van der Waals surface area contributed by atoms with Gasteiger partial charge in [-0.2, -0.15) is 5.10 Å². The van der Waals surface area contributed by atoms with Gasteiger partial charge in [-0.05, 0) is 44.4 Å². The van der Waals surface area contributed by atoms with Crippen molar-refractivity contribution in [2.75, 3.05) is 12.8 Å². The summed E-state index contributed by atoms with van der Waals surface area (Å²) in [5, 5.41) is 17.8. The van der Waals surface area contributed by atoms with Crippen LogP contribution in [0.5, 0.6) is 0 Å². The Morgan fingerprint density at radius 1 is 1.32 bits per heavy atom. The maximum atomic E-state index is 12.3. The molecular weight excluding hydrogens is 432 g/mol. The molecule has 0 atom stereocenters. The molecule has 1 saturated carbocycles. The molecule has 0 aromatic carbocycles. The molecule has 7 nitrogen and oxygen atoms in total. The third kappa shape index (κ3) is 6.13. The van der Waals surface area contributed by atoms with Crippen molar-refractivity contribution >= 4 is 35.3 Å². The topological polar surface area (TPSA) is 77.6 Å². The lowest BCUT2D eigenvalue weighted by atomic mass is 10.2. The summed E-state index contributed by atoms with van der Waals surface area (Å²) in [4.78, 5) is 12.3. The molecule has 3 rings (SSSR count). The summed E-state index contributed by atoms with van der Waals surface area (Å²) >= 11 is 8.09. The monoisotopic (exact) mass is 464 g/mol. The molecule has 0 spiro atoms. The van der Waals surface area contributed by atoms with Gasteiger partial charge in [-0.25, -0.2) is 0 Å². The van der Waals surface area contributed by atoms with E-state index in [9.17, 15) is 4.79 Å². The Morgan fingerprint density at radius 3 is 2.74 bits per heavy atom. The lowest BCUT2D eigenvalue weighted by Gasteiger charge is -2.16. The average Bonchev–Trinajstić information content (AvgIpc) is 3.44. The second-order valence-corrected chi connectivity index (χ2v) is 9.64. The van der Waals surface area contributed by atoms with Gasteiger partial charge >= 0.3 is 0 Å². The fourth-order valence-electron chi connectivity index (χ4n) is 4.05. The quantitative estimate of drug-likeness (QED) is 0.313. The van der Waals surface area contributed by atoms with E-state index in [-0.39, 0.29) is 5.91 Å². The Labute approximate surface area is 194 Å². The fraction of sp³-hybridized carbons (Fsp3) is 0.636. The van der Waals surface area contributed by atoms with Gasteiger partial charge in [0.25, 0.3) is 0 Å². The van der Waals surface area contributed by atoms with Crippen LogP contribution in [0.15, 0.2) is 11.2 Å². The minimum absolute atomic E-state index is 0.130. The summed E-state index contributed by atoms with van der Waals surface area (Å²) in [5.41, 5.74) is 1.62. The van der Waals surface area contributed by atoms with Gasteiger partial charge in [0, 0.05) is 37.2 Å². The summed E-state index contributed by atoms with van der Waals surface area (Å²) in [7, 11) is 0. The zero-order chi connectivity index (χ0) is 22.4. The number of rotatable bonds is 10. The van der Waals surface area contributed by atoms with Crippen molar-refractivity contribution < 1.29 is 4.79 Å². The first kappa shape index (κ1) is 23.9. The van der Waals surface area contributed by atoms with Crippen molar-refractivity contribution in [3.63, 3.8) is 0 Å². The van der Waals surface area contributed by atoms with Crippen molar-refractivity contribution in [3.05, 3.63) is 28.3 Å². The molecule has 0 bridgehead atoms. The maximum absolute atomic E-state index is 12.3. The van der Waals surface area contributed by atoms with E-state index in [1.807, 2.05) is 13.2 Å². The normalized spacial score (nSPS) is 14.9. The number of thioether (sulfide) groups is 1. The van der Waals surface area contributed by atoms with E-state index in [0.29, 0.717) is 23.7 Å². The van der Waals surface area contributed by atoms with Gasteiger partial charge in [0.05, 0.1) is 5.69 Å². The van der Waals surface area contributed by atoms with E-state index in [1.54, 1.807) is 22.5 Å². The van der Waals surface area contributed by atoms with Crippen LogP contribution in [-0.2, 0) is 17.8 Å². The third-order valence-corrected chi connectivity index (χ3v) is 6.57. The standard InChI is InChI=1S/C22H33ClN6OS/c1-15(2)14-28-21(23)18(16(3)27-28)11-12-20(30)24-13-7-10-19-25-26-22(31-4)29(19)17-8-5-6-9-17/h11-12,15,17H,5-10,13-14H2,1-4H3,(H,24,30). The SMILES string of the molecule is CSc1nnc(CCCNC(=O)C=Cc2c(C)nn(CC(C)C)c2Cl)n1C1CCCC1. The van der Waals surface area contributed by atoms with Gasteiger partial charge in [-0.15, -0.1) is 10.2 Å². The summed E-state index contributed by atoms with van der Waals surface area (Å²) in [6.07, 6.45) is 11.9. The number of hydrogen-bond donors (Lipinski definition) is 1. The predicted octanol–water partition coefficient (Wildman–Crippen LogP) is 4.69. The van der Waals surface area contributed by atoms with Crippen LogP contribution in [-0.4, -0.2) is 43.3 Å². The number of halogens is 1. The van der Waals surface area contributed by atoms with Crippen LogP contribution < -0.4 is 5.32 Å². The minimum Gasteiger partial charge on any atom is -0.353 e. The van der Waals surface area contributed by atoms with E-state index < -0.39 is 0 Å². The van der Waals surface area contributed by atoms with Gasteiger partial charge in [0.1, 0.15) is 11.0 Å². The number of amides is 1. The maximum Gasteiger partial charge on any atom is 0.244 e. The minimum atomic E-state index is -0.130. The number of aromatic nitrogens is 5. The largest absolute Gasteiger partial charge is 0.353 e. The highest BCUT2D eigenvalue weighted by Gasteiger charge is 2.23. The summed E-state index contributed by atoms with van der Waals surface area (Å²) in [6.45, 7) is 7.49. The highest BCUT2D eigenvalue weighted by atomic mass is 35.5. The first-order valence-electron chi connectivity index (χ1n) is 11.1. The van der Waals surface area contributed by atoms with Gasteiger partial charge in [-0.3, -0.25) is 9.48 Å². The molecule has 0 unspecified atom stereocenters. The third-order valence-electron chi connectivity index (χ3n) is 5.53. The molecule has 1 N–H and O–H groups in total. The zero-order valence-corrected chi connectivity index (χ0v) is 20.5. The first-order valence-corrected chi connectivity index (χ1v) is 12.7. The van der Waals surface area contributed by atoms with Gasteiger partial charge in [-0.1, -0.05) is 50.1 Å². The number of hydrogen-bond acceptors (Lipinski definition) is 5. The molecule has 2 heterocycles. The summed E-state index contributed by atoms with van der Waals surface area (Å²) < 4.78 is 4.11. The van der Waals surface area contributed by atoms with Crippen LogP contribution in [0.2, 0.25) is 5.15 Å². The zero-order valence-electron chi connectivity index (χ0n) is 18.9. The molecule has 0 aliphatic heterocycles. The van der Waals surface area contributed by atoms with Crippen LogP contribution in [0.3, 0.4) is 0 Å². The lowest BCUT2D eigenvalue weighted by Crippen LogP contribution is -2.23. The Morgan fingerprint density at radius 2 is 2.06 bits per heavy atom. The number of aryl methyl sites for hydroxylation is 2. The summed E-state index contributed by atoms with van der Waals surface area (Å²) in [6, 6.07) is 0.523. The number of carbonyl (C=O) groups is 1. The van der Waals surface area contributed by atoms with Crippen LogP contribution in [0.25, 0.3) is 6.08 Å². The fourth-order valence-corrected chi connectivity index (χ4v) is 4.93. The Hall–Kier alpha value is -1.80. The second kappa shape index (κ2) is 11.2. The first-order chi connectivity index (χ1) is 14.9. The predicted molar refractivity (Wildman–Crippen MR) is 126 cm³/mol. The van der Waals surface area contributed by atoms with E-state index in [1.165, 1.54) is 31.8 Å². The molecule has 1 aliphatic rings. The van der Waals surface area contributed by atoms with E-state index in [4.69, 9.17) is 11.6 Å². The van der Waals surface area contributed by atoms with Crippen molar-refractivity contribution in [3.8, 4) is 0 Å². The van der Waals surface area contributed by atoms with Crippen LogP contribution in [0.4, 0.5) is 0 Å². The molecule has 9 heteroatoms. The molecule has 170 valence electrons. The molecular formula is C22H33ClN6OS. The smallest absolute Gasteiger partial charge is 0.244 e. The Bertz CT molecular complexity index is 913. The molecule has 1 amide bonds. The second-order valence-electron chi connectivity index (χ2n) is 8.50. The molecule has 2 aromatic rings. The summed E-state index contributed by atoms with van der Waals surface area (Å²) in [5.74, 6) is 1.35. The number of carbonyl (C=O) groups excluding carboxylic acids is 1. The van der Waals surface area contributed by atoms with Crippen LogP contribution in [0, 0.1) is 12.8 Å². The van der Waals surface area contributed by atoms with Crippen LogP contribution >= 0.6 is 23.4 Å². The Balaban J connectivity index is 1.50. The molecule has 31 heavy (non-hydrogen) atoms. The van der Waals surface area contributed by atoms with Crippen molar-refractivity contribution in [2.24, 2.45) is 5.92 Å². The van der Waals surface area contributed by atoms with Crippen molar-refractivity contribution in [2.45, 2.75) is 77.0 Å². The average molecular weight is 465 g/mol. The lowest BCUT2D eigenvalue weighted by molar-refractivity contribution is -0.116. The highest BCUT2D eigenvalue weighted by Crippen LogP contribution is 2.33. The van der Waals surface area contributed by atoms with E-state index in [2.05, 4.69) is 39.0 Å². The number of nitrogens with one attached hydrogen (secondary N) is 1. The molecule has 0 radical (unpaired) electrons. The molecule has 1 aliphatic carbocycles. The molecule has 2 aromatic heterocycles. The Kier molecular flexibility index (Phi) is 8.60. The van der Waals surface area contributed by atoms with Crippen molar-refractivity contribution in [1.29, 1.82) is 0 Å². The van der Waals surface area contributed by atoms with E-state index >= 15 is 0 Å². The van der Waals surface area contributed by atoms with Crippen molar-refractivity contribution in [1.82, 2.24) is 29.9 Å². The van der Waals surface area contributed by atoms with Crippen LogP contribution in [0.1, 0.15) is 69.1 Å². The molecule has 0 saturated heterocycles. The number of nitrogens with zero attached hydrogens (tertiary/aromatic N) is 5. The van der Waals surface area contributed by atoms with Gasteiger partial charge in [0.15, 0.2) is 5.16 Å². The highest BCUT2D eigenvalue weighted by molar-refractivity contribution is 7.98.